The summed E-state index contributed by atoms with van der Waals surface area (Å²) in [5.74, 6) is 2.52. The van der Waals surface area contributed by atoms with Crippen LogP contribution in [0.4, 0.5) is 0 Å². The van der Waals surface area contributed by atoms with Gasteiger partial charge in [-0.2, -0.15) is 0 Å². The van der Waals surface area contributed by atoms with Gasteiger partial charge in [-0.15, -0.1) is 6.42 Å². The third-order valence-corrected chi connectivity index (χ3v) is 2.88. The average molecular weight is 215 g/mol. The average Bonchev–Trinajstić information content (AvgIpc) is 2.75. The van der Waals surface area contributed by atoms with Crippen LogP contribution in [0, 0.1) is 12.3 Å². The maximum atomic E-state index is 5.54. The fourth-order valence-corrected chi connectivity index (χ4v) is 2.08. The first-order chi connectivity index (χ1) is 7.88. The van der Waals surface area contributed by atoms with E-state index in [0.717, 1.165) is 26.1 Å². The molecule has 84 valence electrons. The molecule has 1 fully saturated rings. The van der Waals surface area contributed by atoms with Gasteiger partial charge in [0.2, 0.25) is 0 Å². The van der Waals surface area contributed by atoms with Crippen LogP contribution in [0.15, 0.2) is 30.3 Å². The van der Waals surface area contributed by atoms with E-state index in [-0.39, 0.29) is 0 Å². The number of hydrogen-bond acceptors (Lipinski definition) is 2. The van der Waals surface area contributed by atoms with Crippen molar-refractivity contribution < 1.29 is 4.74 Å². The van der Waals surface area contributed by atoms with Crippen molar-refractivity contribution in [2.45, 2.75) is 19.1 Å². The Morgan fingerprint density at radius 1 is 1.38 bits per heavy atom. The fourth-order valence-electron chi connectivity index (χ4n) is 2.08. The standard InChI is InChI=1S/C14H17NO/c1-2-10-16-14-8-9-15(12-14)11-13-6-4-3-5-7-13/h1,3-7,14H,8-12H2. The molecule has 0 radical (unpaired) electrons. The summed E-state index contributed by atoms with van der Waals surface area (Å²) in [4.78, 5) is 2.41. The molecule has 1 unspecified atom stereocenters. The van der Waals surface area contributed by atoms with Crippen molar-refractivity contribution in [3.63, 3.8) is 0 Å². The maximum Gasteiger partial charge on any atom is 0.107 e. The zero-order valence-electron chi connectivity index (χ0n) is 9.43. The van der Waals surface area contributed by atoms with E-state index in [1.54, 1.807) is 0 Å². The highest BCUT2D eigenvalue weighted by Gasteiger charge is 2.22. The van der Waals surface area contributed by atoms with Crippen molar-refractivity contribution in [3.05, 3.63) is 35.9 Å². The molecular weight excluding hydrogens is 198 g/mol. The van der Waals surface area contributed by atoms with Gasteiger partial charge in [-0.05, 0) is 12.0 Å². The zero-order chi connectivity index (χ0) is 11.2. The van der Waals surface area contributed by atoms with Gasteiger partial charge in [-0.1, -0.05) is 36.3 Å². The van der Waals surface area contributed by atoms with Gasteiger partial charge in [0.25, 0.3) is 0 Å². The number of benzene rings is 1. The molecule has 1 atom stereocenters. The van der Waals surface area contributed by atoms with E-state index in [1.165, 1.54) is 5.56 Å². The Kier molecular flexibility index (Phi) is 3.98. The third-order valence-electron chi connectivity index (χ3n) is 2.88. The lowest BCUT2D eigenvalue weighted by Gasteiger charge is -2.15. The molecule has 1 aliphatic heterocycles. The van der Waals surface area contributed by atoms with Crippen LogP contribution in [-0.4, -0.2) is 30.7 Å². The maximum absolute atomic E-state index is 5.54. The van der Waals surface area contributed by atoms with Crippen LogP contribution in [0.2, 0.25) is 0 Å². The van der Waals surface area contributed by atoms with E-state index >= 15 is 0 Å². The second kappa shape index (κ2) is 5.69. The number of rotatable bonds is 4. The van der Waals surface area contributed by atoms with Gasteiger partial charge in [-0.3, -0.25) is 4.90 Å². The van der Waals surface area contributed by atoms with E-state index in [4.69, 9.17) is 11.2 Å². The van der Waals surface area contributed by atoms with E-state index in [1.807, 2.05) is 6.07 Å². The summed E-state index contributed by atoms with van der Waals surface area (Å²) in [6.07, 6.45) is 6.59. The van der Waals surface area contributed by atoms with Crippen LogP contribution >= 0.6 is 0 Å². The Bertz CT molecular complexity index is 355. The lowest BCUT2D eigenvalue weighted by molar-refractivity contribution is 0.0831. The largest absolute Gasteiger partial charge is 0.364 e. The number of ether oxygens (including phenoxy) is 1. The molecule has 1 aliphatic rings. The van der Waals surface area contributed by atoms with Gasteiger partial charge >= 0.3 is 0 Å². The number of likely N-dealkylation sites (tertiary alicyclic amines) is 1. The van der Waals surface area contributed by atoms with Crippen molar-refractivity contribution in [2.75, 3.05) is 19.7 Å². The van der Waals surface area contributed by atoms with Gasteiger partial charge in [0.15, 0.2) is 0 Å². The normalized spacial score (nSPS) is 20.8. The summed E-state index contributed by atoms with van der Waals surface area (Å²) in [6, 6.07) is 10.5. The van der Waals surface area contributed by atoms with E-state index in [2.05, 4.69) is 35.1 Å². The Morgan fingerprint density at radius 2 is 2.19 bits per heavy atom. The molecule has 1 heterocycles. The molecule has 0 saturated carbocycles. The first kappa shape index (κ1) is 11.2. The molecule has 0 N–H and O–H groups in total. The third kappa shape index (κ3) is 3.10. The van der Waals surface area contributed by atoms with Crippen LogP contribution in [0.3, 0.4) is 0 Å². The van der Waals surface area contributed by atoms with Gasteiger partial charge < -0.3 is 4.74 Å². The number of hydrogen-bond donors (Lipinski definition) is 0. The van der Waals surface area contributed by atoms with Gasteiger partial charge in [0, 0.05) is 19.6 Å². The molecule has 1 aromatic carbocycles. The van der Waals surface area contributed by atoms with Crippen molar-refractivity contribution in [1.29, 1.82) is 0 Å². The minimum Gasteiger partial charge on any atom is -0.364 e. The van der Waals surface area contributed by atoms with Crippen molar-refractivity contribution in [3.8, 4) is 12.3 Å². The summed E-state index contributed by atoms with van der Waals surface area (Å²) in [6.45, 7) is 3.54. The summed E-state index contributed by atoms with van der Waals surface area (Å²) in [5, 5.41) is 0. The predicted octanol–water partition coefficient (Wildman–Crippen LogP) is 1.91. The summed E-state index contributed by atoms with van der Waals surface area (Å²) >= 11 is 0. The molecule has 0 spiro atoms. The van der Waals surface area contributed by atoms with Crippen molar-refractivity contribution >= 4 is 0 Å². The first-order valence-corrected chi connectivity index (χ1v) is 5.70. The summed E-state index contributed by atoms with van der Waals surface area (Å²) in [5.41, 5.74) is 1.36. The Morgan fingerprint density at radius 3 is 2.94 bits per heavy atom. The fraction of sp³-hybridized carbons (Fsp3) is 0.429. The van der Waals surface area contributed by atoms with Crippen LogP contribution in [0.25, 0.3) is 0 Å². The highest BCUT2D eigenvalue weighted by Crippen LogP contribution is 2.15. The van der Waals surface area contributed by atoms with Crippen molar-refractivity contribution in [2.24, 2.45) is 0 Å². The molecule has 16 heavy (non-hydrogen) atoms. The highest BCUT2D eigenvalue weighted by atomic mass is 16.5. The smallest absolute Gasteiger partial charge is 0.107 e. The van der Waals surface area contributed by atoms with Gasteiger partial charge in [0.1, 0.15) is 6.61 Å². The Balaban J connectivity index is 1.79. The molecule has 0 bridgehead atoms. The summed E-state index contributed by atoms with van der Waals surface area (Å²) in [7, 11) is 0. The molecule has 2 rings (SSSR count). The van der Waals surface area contributed by atoms with Crippen LogP contribution in [0.5, 0.6) is 0 Å². The van der Waals surface area contributed by atoms with Crippen LogP contribution < -0.4 is 0 Å². The predicted molar refractivity (Wildman–Crippen MR) is 64.9 cm³/mol. The molecular formula is C14H17NO. The SMILES string of the molecule is C#CCOC1CCN(Cc2ccccc2)C1. The van der Waals surface area contributed by atoms with E-state index in [0.29, 0.717) is 12.7 Å². The minimum atomic E-state index is 0.319. The summed E-state index contributed by atoms with van der Waals surface area (Å²) < 4.78 is 5.54. The molecule has 1 saturated heterocycles. The second-order valence-electron chi connectivity index (χ2n) is 4.15. The molecule has 0 amide bonds. The molecule has 2 nitrogen and oxygen atoms in total. The lowest BCUT2D eigenvalue weighted by atomic mass is 10.2. The van der Waals surface area contributed by atoms with Crippen molar-refractivity contribution in [1.82, 2.24) is 4.90 Å². The minimum absolute atomic E-state index is 0.319. The van der Waals surface area contributed by atoms with Gasteiger partial charge in [-0.25, -0.2) is 0 Å². The monoisotopic (exact) mass is 215 g/mol. The molecule has 2 heteroatoms. The topological polar surface area (TPSA) is 12.5 Å². The Hall–Kier alpha value is -1.30. The lowest BCUT2D eigenvalue weighted by Crippen LogP contribution is -2.23. The second-order valence-corrected chi connectivity index (χ2v) is 4.15. The number of terminal acetylenes is 1. The number of nitrogens with zero attached hydrogens (tertiary/aromatic N) is 1. The van der Waals surface area contributed by atoms with E-state index in [9.17, 15) is 0 Å². The first-order valence-electron chi connectivity index (χ1n) is 5.70. The van der Waals surface area contributed by atoms with Gasteiger partial charge in [0.05, 0.1) is 6.10 Å². The van der Waals surface area contributed by atoms with Crippen LogP contribution in [0.1, 0.15) is 12.0 Å². The zero-order valence-corrected chi connectivity index (χ0v) is 9.43. The molecule has 0 aromatic heterocycles. The quantitative estimate of drug-likeness (QED) is 0.711. The highest BCUT2D eigenvalue weighted by molar-refractivity contribution is 5.14. The molecule has 0 aliphatic carbocycles. The molecule has 1 aromatic rings. The van der Waals surface area contributed by atoms with Crippen LogP contribution in [-0.2, 0) is 11.3 Å². The Labute approximate surface area is 97.2 Å². The van der Waals surface area contributed by atoms with E-state index < -0.39 is 0 Å².